The van der Waals surface area contributed by atoms with Crippen molar-refractivity contribution in [2.45, 2.75) is 19.8 Å². The van der Waals surface area contributed by atoms with Gasteiger partial charge in [0.25, 0.3) is 0 Å². The molecule has 0 fully saturated rings. The maximum atomic E-state index is 11.2. The van der Waals surface area contributed by atoms with Gasteiger partial charge in [0.2, 0.25) is 0 Å². The zero-order valence-corrected chi connectivity index (χ0v) is 14.4. The number of hydrogen-bond donors (Lipinski definition) is 0. The number of rotatable bonds is 7. The summed E-state index contributed by atoms with van der Waals surface area (Å²) in [4.78, 5) is 11.2. The summed E-state index contributed by atoms with van der Waals surface area (Å²) in [6, 6.07) is 17.7. The van der Waals surface area contributed by atoms with Crippen LogP contribution in [0.1, 0.15) is 30.9 Å². The molecule has 0 aliphatic rings. The molecule has 1 unspecified atom stereocenters. The summed E-state index contributed by atoms with van der Waals surface area (Å²) in [5.41, 5.74) is 2.31. The summed E-state index contributed by atoms with van der Waals surface area (Å²) in [5, 5.41) is 0. The van der Waals surface area contributed by atoms with Gasteiger partial charge in [0.05, 0.1) is 13.7 Å². The molecule has 2 aromatic rings. The van der Waals surface area contributed by atoms with E-state index in [1.807, 2.05) is 30.3 Å². The van der Waals surface area contributed by atoms with Crippen LogP contribution in [0.5, 0.6) is 5.75 Å². The van der Waals surface area contributed by atoms with Crippen LogP contribution < -0.4 is 4.74 Å². The number of methoxy groups -OCH3 is 1. The average molecular weight is 328 g/mol. The van der Waals surface area contributed by atoms with Crippen molar-refractivity contribution in [1.82, 2.24) is 0 Å². The molecule has 0 aliphatic carbocycles. The first-order valence-electron chi connectivity index (χ1n) is 8.08. The van der Waals surface area contributed by atoms with Crippen LogP contribution in [0.2, 0.25) is 0 Å². The zero-order chi connectivity index (χ0) is 17.4. The number of carbonyl (C=O) groups excluding carboxylic acids is 1. The summed E-state index contributed by atoms with van der Waals surface area (Å²) < 4.78 is 15.4. The number of carbonyl (C=O) groups is 1. The molecule has 1 atom stereocenters. The smallest absolute Gasteiger partial charge is 0.437 e. The van der Waals surface area contributed by atoms with Gasteiger partial charge < -0.3 is 14.2 Å². The quantitative estimate of drug-likeness (QED) is 0.549. The van der Waals surface area contributed by atoms with Crippen LogP contribution in [-0.4, -0.2) is 26.5 Å². The minimum atomic E-state index is -0.720. The molecule has 0 aromatic heterocycles. The van der Waals surface area contributed by atoms with Gasteiger partial charge in [-0.05, 0) is 29.2 Å². The van der Waals surface area contributed by atoms with E-state index in [4.69, 9.17) is 9.47 Å². The topological polar surface area (TPSA) is 44.8 Å². The molecule has 4 heteroatoms. The van der Waals surface area contributed by atoms with Gasteiger partial charge in [0.1, 0.15) is 5.75 Å². The largest absolute Gasteiger partial charge is 0.513 e. The van der Waals surface area contributed by atoms with Gasteiger partial charge in [-0.2, -0.15) is 0 Å². The van der Waals surface area contributed by atoms with Crippen molar-refractivity contribution in [3.63, 3.8) is 0 Å². The maximum absolute atomic E-state index is 11.2. The highest BCUT2D eigenvalue weighted by molar-refractivity contribution is 5.63. The fourth-order valence-electron chi connectivity index (χ4n) is 2.40. The van der Waals surface area contributed by atoms with Crippen LogP contribution in [0.25, 0.3) is 0 Å². The van der Waals surface area contributed by atoms with Gasteiger partial charge in [-0.3, -0.25) is 0 Å². The third-order valence-corrected chi connectivity index (χ3v) is 3.59. The molecule has 24 heavy (non-hydrogen) atoms. The Balaban J connectivity index is 2.15. The molecular weight excluding hydrogens is 304 g/mol. The van der Waals surface area contributed by atoms with Crippen molar-refractivity contribution < 1.29 is 19.0 Å². The van der Waals surface area contributed by atoms with Crippen molar-refractivity contribution in [1.29, 1.82) is 0 Å². The molecular formula is C20H24O4. The number of ether oxygens (including phenoxy) is 3. The van der Waals surface area contributed by atoms with Crippen LogP contribution in [0.15, 0.2) is 54.6 Å². The lowest BCUT2D eigenvalue weighted by atomic mass is 9.92. The van der Waals surface area contributed by atoms with Gasteiger partial charge in [0.15, 0.2) is 0 Å². The van der Waals surface area contributed by atoms with Crippen molar-refractivity contribution >= 4 is 6.16 Å². The summed E-state index contributed by atoms with van der Waals surface area (Å²) in [6.07, 6.45) is -0.720. The van der Waals surface area contributed by atoms with E-state index in [9.17, 15) is 4.79 Å². The molecule has 0 N–H and O–H groups in total. The molecule has 0 radical (unpaired) electrons. The monoisotopic (exact) mass is 328 g/mol. The molecule has 2 aromatic carbocycles. The molecule has 128 valence electrons. The van der Waals surface area contributed by atoms with E-state index < -0.39 is 6.16 Å². The Labute approximate surface area is 143 Å². The van der Waals surface area contributed by atoms with Gasteiger partial charge in [-0.25, -0.2) is 4.79 Å². The Morgan fingerprint density at radius 3 is 2.12 bits per heavy atom. The van der Waals surface area contributed by atoms with Crippen LogP contribution in [0, 0.1) is 5.92 Å². The van der Waals surface area contributed by atoms with E-state index >= 15 is 0 Å². The fourth-order valence-corrected chi connectivity index (χ4v) is 2.40. The molecule has 0 bridgehead atoms. The second kappa shape index (κ2) is 9.08. The number of benzene rings is 2. The molecule has 0 spiro atoms. The molecule has 4 nitrogen and oxygen atoms in total. The van der Waals surface area contributed by atoms with E-state index in [0.29, 0.717) is 18.3 Å². The summed E-state index contributed by atoms with van der Waals surface area (Å²) in [5.74, 6) is 1.09. The predicted octanol–water partition coefficient (Wildman–Crippen LogP) is 4.64. The van der Waals surface area contributed by atoms with Gasteiger partial charge in [-0.15, -0.1) is 0 Å². The van der Waals surface area contributed by atoms with Crippen LogP contribution >= 0.6 is 0 Å². The summed E-state index contributed by atoms with van der Waals surface area (Å²) in [6.45, 7) is 5.61. The highest BCUT2D eigenvalue weighted by atomic mass is 16.7. The van der Waals surface area contributed by atoms with E-state index in [2.05, 4.69) is 30.7 Å². The van der Waals surface area contributed by atoms with Gasteiger partial charge in [0, 0.05) is 12.5 Å². The lowest BCUT2D eigenvalue weighted by molar-refractivity contribution is 0.104. The van der Waals surface area contributed by atoms with E-state index in [1.54, 1.807) is 12.1 Å². The first-order valence-corrected chi connectivity index (χ1v) is 8.08. The Bertz CT molecular complexity index is 620. The zero-order valence-electron chi connectivity index (χ0n) is 14.4. The second-order valence-electron chi connectivity index (χ2n) is 6.02. The Kier molecular flexibility index (Phi) is 6.82. The standard InChI is InChI=1S/C20H24O4/c1-15(2)13-23-14-19(16-7-5-4-6-8-16)17-9-11-18(12-10-17)24-20(21)22-3/h4-12,15,19H,13-14H2,1-3H3. The second-order valence-corrected chi connectivity index (χ2v) is 6.02. The van der Waals surface area contributed by atoms with Gasteiger partial charge >= 0.3 is 6.16 Å². The Morgan fingerprint density at radius 2 is 1.54 bits per heavy atom. The minimum absolute atomic E-state index is 0.136. The first-order chi connectivity index (χ1) is 11.6. The lowest BCUT2D eigenvalue weighted by Crippen LogP contribution is -2.13. The lowest BCUT2D eigenvalue weighted by Gasteiger charge is -2.19. The normalized spacial score (nSPS) is 12.0. The third-order valence-electron chi connectivity index (χ3n) is 3.59. The number of hydrogen-bond acceptors (Lipinski definition) is 4. The predicted molar refractivity (Wildman–Crippen MR) is 93.4 cm³/mol. The molecule has 0 heterocycles. The van der Waals surface area contributed by atoms with Gasteiger partial charge in [-0.1, -0.05) is 56.3 Å². The summed E-state index contributed by atoms with van der Waals surface area (Å²) >= 11 is 0. The van der Waals surface area contributed by atoms with Crippen molar-refractivity contribution in [3.8, 4) is 5.75 Å². The van der Waals surface area contributed by atoms with E-state index in [-0.39, 0.29) is 5.92 Å². The van der Waals surface area contributed by atoms with E-state index in [1.165, 1.54) is 12.7 Å². The Hall–Kier alpha value is -2.33. The van der Waals surface area contributed by atoms with E-state index in [0.717, 1.165) is 12.2 Å². The van der Waals surface area contributed by atoms with Crippen LogP contribution in [-0.2, 0) is 9.47 Å². The molecule has 2 rings (SSSR count). The van der Waals surface area contributed by atoms with Crippen molar-refractivity contribution in [2.24, 2.45) is 5.92 Å². The maximum Gasteiger partial charge on any atom is 0.513 e. The average Bonchev–Trinajstić information content (AvgIpc) is 2.60. The fraction of sp³-hybridized carbons (Fsp3) is 0.350. The first kappa shape index (κ1) is 18.0. The minimum Gasteiger partial charge on any atom is -0.437 e. The molecule has 0 saturated heterocycles. The van der Waals surface area contributed by atoms with Crippen LogP contribution in [0.4, 0.5) is 4.79 Å². The molecule has 0 amide bonds. The highest BCUT2D eigenvalue weighted by Gasteiger charge is 2.15. The SMILES string of the molecule is COC(=O)Oc1ccc(C(COCC(C)C)c2ccccc2)cc1. The molecule has 0 aliphatic heterocycles. The van der Waals surface area contributed by atoms with Crippen molar-refractivity contribution in [3.05, 3.63) is 65.7 Å². The highest BCUT2D eigenvalue weighted by Crippen LogP contribution is 2.27. The molecule has 0 saturated carbocycles. The van der Waals surface area contributed by atoms with Crippen molar-refractivity contribution in [2.75, 3.05) is 20.3 Å². The van der Waals surface area contributed by atoms with Crippen LogP contribution in [0.3, 0.4) is 0 Å². The summed E-state index contributed by atoms with van der Waals surface area (Å²) in [7, 11) is 1.29. The Morgan fingerprint density at radius 1 is 0.917 bits per heavy atom. The third kappa shape index (κ3) is 5.39.